The third kappa shape index (κ3) is 2.18. The quantitative estimate of drug-likeness (QED) is 0.895. The van der Waals surface area contributed by atoms with E-state index in [1.807, 2.05) is 0 Å². The van der Waals surface area contributed by atoms with Crippen LogP contribution in [0.2, 0.25) is 10.0 Å². The van der Waals surface area contributed by atoms with Gasteiger partial charge >= 0.3 is 0 Å². The smallest absolute Gasteiger partial charge is 0.254 e. The van der Waals surface area contributed by atoms with Gasteiger partial charge in [-0.3, -0.25) is 4.79 Å². The van der Waals surface area contributed by atoms with E-state index in [4.69, 9.17) is 23.2 Å². The first-order chi connectivity index (χ1) is 9.49. The molecule has 2 aromatic rings. The number of rotatable bonds is 2. The molecule has 102 valence electrons. The van der Waals surface area contributed by atoms with Gasteiger partial charge in [0.05, 0.1) is 10.0 Å². The Morgan fingerprint density at radius 3 is 2.60 bits per heavy atom. The minimum absolute atomic E-state index is 0.229. The molecule has 1 unspecified atom stereocenters. The topological polar surface area (TPSA) is 49.3 Å². The summed E-state index contributed by atoms with van der Waals surface area (Å²) in [4.78, 5) is 11.9. The molecule has 20 heavy (non-hydrogen) atoms. The first-order valence-electron chi connectivity index (χ1n) is 6.08. The Morgan fingerprint density at radius 1 is 1.10 bits per heavy atom. The molecule has 0 spiro atoms. The molecule has 0 saturated heterocycles. The monoisotopic (exact) mass is 307 g/mol. The van der Waals surface area contributed by atoms with Crippen LogP contribution in [0.3, 0.4) is 0 Å². The summed E-state index contributed by atoms with van der Waals surface area (Å²) in [5, 5.41) is 14.2. The molecule has 1 aliphatic rings. The van der Waals surface area contributed by atoms with E-state index in [1.54, 1.807) is 42.5 Å². The molecule has 0 aliphatic carbocycles. The van der Waals surface area contributed by atoms with Gasteiger partial charge in [0.1, 0.15) is 0 Å². The summed E-state index contributed by atoms with van der Waals surface area (Å²) in [5.41, 5.74) is 0.454. The SMILES string of the molecule is O=C1NC(O)(Cc2ccc(Cl)c(Cl)c2)c2ccccc21. The molecule has 3 nitrogen and oxygen atoms in total. The predicted octanol–water partition coefficient (Wildman–Crippen LogP) is 3.12. The normalized spacial score (nSPS) is 20.6. The van der Waals surface area contributed by atoms with Gasteiger partial charge in [-0.05, 0) is 23.8 Å². The van der Waals surface area contributed by atoms with E-state index in [0.717, 1.165) is 5.56 Å². The van der Waals surface area contributed by atoms with E-state index in [-0.39, 0.29) is 12.3 Å². The lowest BCUT2D eigenvalue weighted by atomic mass is 9.95. The van der Waals surface area contributed by atoms with Crippen LogP contribution < -0.4 is 5.32 Å². The van der Waals surface area contributed by atoms with Gasteiger partial charge in [-0.2, -0.15) is 0 Å². The average molecular weight is 308 g/mol. The zero-order valence-corrected chi connectivity index (χ0v) is 11.9. The fraction of sp³-hybridized carbons (Fsp3) is 0.133. The summed E-state index contributed by atoms with van der Waals surface area (Å²) in [6, 6.07) is 12.1. The standard InChI is InChI=1S/C15H11Cl2NO2/c16-12-6-5-9(7-13(12)17)8-15(20)11-4-2-1-3-10(11)14(19)18-15/h1-7,20H,8H2,(H,18,19). The van der Waals surface area contributed by atoms with Gasteiger partial charge in [-0.25, -0.2) is 0 Å². The van der Waals surface area contributed by atoms with Gasteiger partial charge in [-0.15, -0.1) is 0 Å². The third-order valence-corrected chi connectivity index (χ3v) is 4.12. The minimum Gasteiger partial charge on any atom is -0.366 e. The van der Waals surface area contributed by atoms with Crippen LogP contribution in [0, 0.1) is 0 Å². The summed E-state index contributed by atoms with van der Waals surface area (Å²) in [5.74, 6) is -0.275. The maximum Gasteiger partial charge on any atom is 0.254 e. The highest BCUT2D eigenvalue weighted by Gasteiger charge is 2.40. The van der Waals surface area contributed by atoms with Crippen LogP contribution in [0.15, 0.2) is 42.5 Å². The fourth-order valence-corrected chi connectivity index (χ4v) is 2.77. The molecule has 2 N–H and O–H groups in total. The number of fused-ring (bicyclic) bond motifs is 1. The summed E-state index contributed by atoms with van der Waals surface area (Å²) in [7, 11) is 0. The van der Waals surface area contributed by atoms with Crippen LogP contribution in [0.25, 0.3) is 0 Å². The van der Waals surface area contributed by atoms with Crippen molar-refractivity contribution in [2.24, 2.45) is 0 Å². The van der Waals surface area contributed by atoms with Gasteiger partial charge < -0.3 is 10.4 Å². The molecule has 1 heterocycles. The summed E-state index contributed by atoms with van der Waals surface area (Å²) in [6.07, 6.45) is 0.229. The number of halogens is 2. The van der Waals surface area contributed by atoms with Crippen LogP contribution in [-0.4, -0.2) is 11.0 Å². The second kappa shape index (κ2) is 4.77. The first kappa shape index (κ1) is 13.4. The third-order valence-electron chi connectivity index (χ3n) is 3.38. The summed E-state index contributed by atoms with van der Waals surface area (Å²) < 4.78 is 0. The lowest BCUT2D eigenvalue weighted by Gasteiger charge is -2.24. The van der Waals surface area contributed by atoms with E-state index in [9.17, 15) is 9.90 Å². The number of carbonyl (C=O) groups excluding carboxylic acids is 1. The number of nitrogens with one attached hydrogen (secondary N) is 1. The Labute approximate surface area is 126 Å². The molecule has 1 aliphatic heterocycles. The molecule has 1 atom stereocenters. The molecule has 1 amide bonds. The second-order valence-electron chi connectivity index (χ2n) is 4.79. The van der Waals surface area contributed by atoms with Gasteiger partial charge in [0.2, 0.25) is 0 Å². The number of aliphatic hydroxyl groups is 1. The second-order valence-corrected chi connectivity index (χ2v) is 5.60. The van der Waals surface area contributed by atoms with E-state index in [1.165, 1.54) is 0 Å². The van der Waals surface area contributed by atoms with Crippen molar-refractivity contribution in [3.8, 4) is 0 Å². The Bertz CT molecular complexity index is 702. The highest BCUT2D eigenvalue weighted by Crippen LogP contribution is 2.33. The number of amides is 1. The van der Waals surface area contributed by atoms with Crippen molar-refractivity contribution in [1.29, 1.82) is 0 Å². The largest absolute Gasteiger partial charge is 0.366 e. The summed E-state index contributed by atoms with van der Waals surface area (Å²) in [6.45, 7) is 0. The van der Waals surface area contributed by atoms with Crippen LogP contribution in [-0.2, 0) is 12.1 Å². The summed E-state index contributed by atoms with van der Waals surface area (Å²) >= 11 is 11.8. The first-order valence-corrected chi connectivity index (χ1v) is 6.83. The van der Waals surface area contributed by atoms with E-state index >= 15 is 0 Å². The number of hydrogen-bond donors (Lipinski definition) is 2. The van der Waals surface area contributed by atoms with Gasteiger partial charge in [0.25, 0.3) is 5.91 Å². The molecular weight excluding hydrogens is 297 g/mol. The van der Waals surface area contributed by atoms with Gasteiger partial charge in [0, 0.05) is 17.5 Å². The van der Waals surface area contributed by atoms with Crippen LogP contribution in [0.1, 0.15) is 21.5 Å². The van der Waals surface area contributed by atoms with Crippen molar-refractivity contribution in [3.05, 3.63) is 69.2 Å². The maximum atomic E-state index is 11.9. The highest BCUT2D eigenvalue weighted by molar-refractivity contribution is 6.42. The lowest BCUT2D eigenvalue weighted by Crippen LogP contribution is -2.41. The average Bonchev–Trinajstić information content (AvgIpc) is 2.67. The Morgan fingerprint density at radius 2 is 1.85 bits per heavy atom. The van der Waals surface area contributed by atoms with Crippen molar-refractivity contribution in [1.82, 2.24) is 5.32 Å². The Kier molecular flexibility index (Phi) is 3.21. The maximum absolute atomic E-state index is 11.9. The zero-order chi connectivity index (χ0) is 14.3. The molecule has 0 bridgehead atoms. The molecule has 3 rings (SSSR count). The van der Waals surface area contributed by atoms with E-state index in [0.29, 0.717) is 21.2 Å². The number of hydrogen-bond acceptors (Lipinski definition) is 2. The van der Waals surface area contributed by atoms with Crippen LogP contribution in [0.5, 0.6) is 0 Å². The van der Waals surface area contributed by atoms with Gasteiger partial charge in [0.15, 0.2) is 5.72 Å². The number of benzene rings is 2. The molecule has 0 aromatic heterocycles. The molecule has 2 aromatic carbocycles. The van der Waals surface area contributed by atoms with Crippen molar-refractivity contribution in [2.45, 2.75) is 12.1 Å². The molecule has 5 heteroatoms. The molecule has 0 radical (unpaired) electrons. The fourth-order valence-electron chi connectivity index (χ4n) is 2.45. The van der Waals surface area contributed by atoms with Crippen molar-refractivity contribution < 1.29 is 9.90 Å². The lowest BCUT2D eigenvalue weighted by molar-refractivity contribution is 0.0134. The molecule has 0 saturated carbocycles. The molecule has 0 fully saturated rings. The van der Waals surface area contributed by atoms with Crippen LogP contribution >= 0.6 is 23.2 Å². The van der Waals surface area contributed by atoms with E-state index in [2.05, 4.69) is 5.32 Å². The van der Waals surface area contributed by atoms with Crippen LogP contribution in [0.4, 0.5) is 0 Å². The van der Waals surface area contributed by atoms with Crippen molar-refractivity contribution >= 4 is 29.1 Å². The van der Waals surface area contributed by atoms with Crippen molar-refractivity contribution in [2.75, 3.05) is 0 Å². The van der Waals surface area contributed by atoms with Gasteiger partial charge in [-0.1, -0.05) is 47.5 Å². The Balaban J connectivity index is 1.98. The Hall–Kier alpha value is -1.55. The number of carbonyl (C=O) groups is 1. The van der Waals surface area contributed by atoms with E-state index < -0.39 is 5.72 Å². The highest BCUT2D eigenvalue weighted by atomic mass is 35.5. The predicted molar refractivity (Wildman–Crippen MR) is 78.0 cm³/mol. The minimum atomic E-state index is -1.41. The zero-order valence-electron chi connectivity index (χ0n) is 10.4. The molecular formula is C15H11Cl2NO2. The van der Waals surface area contributed by atoms with Crippen molar-refractivity contribution in [3.63, 3.8) is 0 Å².